The lowest BCUT2D eigenvalue weighted by molar-refractivity contribution is -0.125. The molecule has 1 aliphatic rings. The summed E-state index contributed by atoms with van der Waals surface area (Å²) in [5, 5.41) is 4.93. The van der Waals surface area contributed by atoms with Crippen LogP contribution in [0, 0.1) is 5.82 Å². The Labute approximate surface area is 169 Å². The highest BCUT2D eigenvalue weighted by Gasteiger charge is 2.26. The maximum atomic E-state index is 13.1. The number of rotatable bonds is 5. The second kappa shape index (κ2) is 7.92. The number of anilines is 1. The van der Waals surface area contributed by atoms with Gasteiger partial charge in [0.15, 0.2) is 11.2 Å². The zero-order chi connectivity index (χ0) is 20.4. The van der Waals surface area contributed by atoms with Crippen LogP contribution in [0.1, 0.15) is 16.8 Å². The van der Waals surface area contributed by atoms with Crippen LogP contribution in [0.2, 0.25) is 0 Å². The summed E-state index contributed by atoms with van der Waals surface area (Å²) in [6.45, 7) is 0.575. The summed E-state index contributed by atoms with van der Waals surface area (Å²) in [6.07, 6.45) is 1.35. The van der Waals surface area contributed by atoms with Gasteiger partial charge in [0.25, 0.3) is 11.8 Å². The van der Waals surface area contributed by atoms with Gasteiger partial charge in [0, 0.05) is 37.0 Å². The molecule has 2 amide bonds. The lowest BCUT2D eigenvalue weighted by Gasteiger charge is -2.13. The fraction of sp³-hybridized carbons (Fsp3) is 0.211. The number of carbonyl (C=O) groups is 2. The molecule has 0 radical (unpaired) electrons. The molecule has 0 unspecified atom stereocenters. The molecule has 0 bridgehead atoms. The van der Waals surface area contributed by atoms with Crippen LogP contribution in [-0.2, 0) is 4.79 Å². The SMILES string of the molecule is CN(C(=O)c1ccc(F)cc1)c1nc(-c2cc(O[C@H]3CCNC3=O)ncn2)cs1. The second-order valence-corrected chi connectivity index (χ2v) is 7.15. The zero-order valence-corrected chi connectivity index (χ0v) is 16.1. The molecule has 0 spiro atoms. The maximum Gasteiger partial charge on any atom is 0.261 e. The van der Waals surface area contributed by atoms with Gasteiger partial charge in [0.05, 0.1) is 5.69 Å². The number of halogens is 1. The first-order chi connectivity index (χ1) is 14.0. The van der Waals surface area contributed by atoms with E-state index in [0.717, 1.165) is 0 Å². The van der Waals surface area contributed by atoms with E-state index in [1.807, 2.05) is 0 Å². The molecule has 0 aliphatic carbocycles. The minimum atomic E-state index is -0.566. The molecule has 1 aliphatic heterocycles. The highest BCUT2D eigenvalue weighted by atomic mass is 32.1. The molecule has 0 saturated carbocycles. The van der Waals surface area contributed by atoms with Crippen LogP contribution in [-0.4, -0.2) is 46.5 Å². The van der Waals surface area contributed by atoms with Crippen LogP contribution >= 0.6 is 11.3 Å². The van der Waals surface area contributed by atoms with Crippen molar-refractivity contribution in [2.45, 2.75) is 12.5 Å². The molecule has 8 nitrogen and oxygen atoms in total. The molecular formula is C19H16FN5O3S. The van der Waals surface area contributed by atoms with Crippen LogP contribution in [0.4, 0.5) is 9.52 Å². The van der Waals surface area contributed by atoms with Gasteiger partial charge >= 0.3 is 0 Å². The number of nitrogens with one attached hydrogen (secondary N) is 1. The van der Waals surface area contributed by atoms with E-state index in [9.17, 15) is 14.0 Å². The largest absolute Gasteiger partial charge is 0.464 e. The minimum absolute atomic E-state index is 0.165. The van der Waals surface area contributed by atoms with Crippen molar-refractivity contribution < 1.29 is 18.7 Å². The van der Waals surface area contributed by atoms with Crippen molar-refractivity contribution in [2.24, 2.45) is 0 Å². The van der Waals surface area contributed by atoms with E-state index in [1.54, 1.807) is 18.5 Å². The molecule has 148 valence electrons. The molecule has 4 rings (SSSR count). The van der Waals surface area contributed by atoms with Crippen molar-refractivity contribution in [3.05, 3.63) is 53.4 Å². The summed E-state index contributed by atoms with van der Waals surface area (Å²) in [5.41, 5.74) is 1.42. The molecule has 10 heteroatoms. The average Bonchev–Trinajstić information content (AvgIpc) is 3.37. The van der Waals surface area contributed by atoms with Crippen LogP contribution in [0.25, 0.3) is 11.4 Å². The summed E-state index contributed by atoms with van der Waals surface area (Å²) in [5.74, 6) is -0.591. The van der Waals surface area contributed by atoms with Gasteiger partial charge in [-0.25, -0.2) is 19.3 Å². The van der Waals surface area contributed by atoms with Gasteiger partial charge in [-0.05, 0) is 24.3 Å². The number of nitrogens with zero attached hydrogens (tertiary/aromatic N) is 4. The molecule has 2 aromatic heterocycles. The lowest BCUT2D eigenvalue weighted by atomic mass is 10.2. The Hall–Kier alpha value is -3.40. The Morgan fingerprint density at radius 1 is 1.28 bits per heavy atom. The van der Waals surface area contributed by atoms with E-state index >= 15 is 0 Å². The van der Waals surface area contributed by atoms with Crippen molar-refractivity contribution in [2.75, 3.05) is 18.5 Å². The number of hydrogen-bond acceptors (Lipinski definition) is 7. The number of amides is 2. The number of aromatic nitrogens is 3. The second-order valence-electron chi connectivity index (χ2n) is 6.31. The Bertz CT molecular complexity index is 1060. The summed E-state index contributed by atoms with van der Waals surface area (Å²) in [6, 6.07) is 6.93. The Kier molecular flexibility index (Phi) is 5.17. The topological polar surface area (TPSA) is 97.3 Å². The standard InChI is InChI=1S/C19H16FN5O3S/c1-25(18(27)11-2-4-12(20)5-3-11)19-24-14(9-29-19)13-8-16(23-10-22-13)28-15-6-7-21-17(15)26/h2-5,8-10,15H,6-7H2,1H3,(H,21,26)/t15-/m0/s1. The minimum Gasteiger partial charge on any atom is -0.464 e. The van der Waals surface area contributed by atoms with E-state index in [2.05, 4.69) is 20.3 Å². The molecule has 29 heavy (non-hydrogen) atoms. The normalized spacial score (nSPS) is 15.8. The van der Waals surface area contributed by atoms with Crippen LogP contribution in [0.3, 0.4) is 0 Å². The first kappa shape index (κ1) is 18.9. The van der Waals surface area contributed by atoms with Crippen LogP contribution < -0.4 is 15.0 Å². The van der Waals surface area contributed by atoms with Crippen molar-refractivity contribution in [1.29, 1.82) is 0 Å². The molecule has 1 fully saturated rings. The predicted molar refractivity (Wildman–Crippen MR) is 104 cm³/mol. The van der Waals surface area contributed by atoms with Gasteiger partial charge in [0.2, 0.25) is 5.88 Å². The van der Waals surface area contributed by atoms with E-state index < -0.39 is 11.9 Å². The zero-order valence-electron chi connectivity index (χ0n) is 15.3. The number of hydrogen-bond donors (Lipinski definition) is 1. The van der Waals surface area contributed by atoms with Crippen LogP contribution in [0.5, 0.6) is 5.88 Å². The summed E-state index contributed by atoms with van der Waals surface area (Å²) >= 11 is 1.27. The van der Waals surface area contributed by atoms with E-state index in [-0.39, 0.29) is 17.7 Å². The van der Waals surface area contributed by atoms with Crippen LogP contribution in [0.15, 0.2) is 42.0 Å². The fourth-order valence-electron chi connectivity index (χ4n) is 2.78. The summed E-state index contributed by atoms with van der Waals surface area (Å²) < 4.78 is 18.7. The Balaban J connectivity index is 1.51. The van der Waals surface area contributed by atoms with Crippen molar-refractivity contribution in [3.63, 3.8) is 0 Å². The molecule has 3 aromatic rings. The molecule has 1 aromatic carbocycles. The highest BCUT2D eigenvalue weighted by molar-refractivity contribution is 7.14. The molecular weight excluding hydrogens is 397 g/mol. The van der Waals surface area contributed by atoms with Gasteiger partial charge in [-0.1, -0.05) is 0 Å². The van der Waals surface area contributed by atoms with Crippen molar-refractivity contribution >= 4 is 28.3 Å². The first-order valence-electron chi connectivity index (χ1n) is 8.77. The third-order valence-electron chi connectivity index (χ3n) is 4.34. The van der Waals surface area contributed by atoms with Gasteiger partial charge < -0.3 is 10.1 Å². The summed E-state index contributed by atoms with van der Waals surface area (Å²) in [7, 11) is 1.60. The fourth-order valence-corrected chi connectivity index (χ4v) is 3.57. The molecule has 3 heterocycles. The number of carbonyl (C=O) groups excluding carboxylic acids is 2. The Morgan fingerprint density at radius 3 is 2.79 bits per heavy atom. The monoisotopic (exact) mass is 413 g/mol. The van der Waals surface area contributed by atoms with Crippen molar-refractivity contribution in [1.82, 2.24) is 20.3 Å². The maximum absolute atomic E-state index is 13.1. The average molecular weight is 413 g/mol. The third kappa shape index (κ3) is 4.06. The number of benzene rings is 1. The van der Waals surface area contributed by atoms with Gasteiger partial charge in [0.1, 0.15) is 17.8 Å². The predicted octanol–water partition coefficient (Wildman–Crippen LogP) is 2.28. The van der Waals surface area contributed by atoms with E-state index in [4.69, 9.17) is 4.74 Å². The van der Waals surface area contributed by atoms with Gasteiger partial charge in [-0.3, -0.25) is 14.5 Å². The van der Waals surface area contributed by atoms with E-state index in [0.29, 0.717) is 35.0 Å². The smallest absolute Gasteiger partial charge is 0.261 e. The van der Waals surface area contributed by atoms with Crippen molar-refractivity contribution in [3.8, 4) is 17.3 Å². The molecule has 1 N–H and O–H groups in total. The Morgan fingerprint density at radius 2 is 2.07 bits per heavy atom. The molecule has 1 saturated heterocycles. The third-order valence-corrected chi connectivity index (χ3v) is 5.26. The molecule has 1 atom stereocenters. The highest BCUT2D eigenvalue weighted by Crippen LogP contribution is 2.28. The lowest BCUT2D eigenvalue weighted by Crippen LogP contribution is -2.27. The van der Waals surface area contributed by atoms with Gasteiger partial charge in [-0.15, -0.1) is 11.3 Å². The number of ether oxygens (including phenoxy) is 1. The van der Waals surface area contributed by atoms with E-state index in [1.165, 1.54) is 46.8 Å². The van der Waals surface area contributed by atoms with Gasteiger partial charge in [-0.2, -0.15) is 0 Å². The quantitative estimate of drug-likeness (QED) is 0.689. The first-order valence-corrected chi connectivity index (χ1v) is 9.65. The summed E-state index contributed by atoms with van der Waals surface area (Å²) in [4.78, 5) is 38.3. The number of thiazole rings is 1.